The van der Waals surface area contributed by atoms with E-state index in [1.807, 2.05) is 28.8 Å². The van der Waals surface area contributed by atoms with Crippen LogP contribution in [0.2, 0.25) is 5.02 Å². The topological polar surface area (TPSA) is 66.0 Å². The molecule has 0 aliphatic rings. The molecule has 5 nitrogen and oxygen atoms in total. The number of ether oxygens (including phenoxy) is 1. The molecule has 0 unspecified atom stereocenters. The van der Waals surface area contributed by atoms with Gasteiger partial charge in [-0.05, 0) is 30.3 Å². The van der Waals surface area contributed by atoms with Crippen LogP contribution in [-0.2, 0) is 6.54 Å². The van der Waals surface area contributed by atoms with Gasteiger partial charge < -0.3 is 15.0 Å². The van der Waals surface area contributed by atoms with Gasteiger partial charge in [-0.2, -0.15) is 0 Å². The molecule has 1 aromatic carbocycles. The van der Waals surface area contributed by atoms with Crippen molar-refractivity contribution in [3.8, 4) is 5.75 Å². The van der Waals surface area contributed by atoms with E-state index in [0.717, 1.165) is 22.6 Å². The maximum absolute atomic E-state index is 5.88. The molecule has 0 radical (unpaired) electrons. The van der Waals surface area contributed by atoms with Gasteiger partial charge in [0.25, 0.3) is 0 Å². The van der Waals surface area contributed by atoms with Crippen LogP contribution in [0.5, 0.6) is 5.75 Å². The number of halogens is 1. The molecule has 0 bridgehead atoms. The standard InChI is InChI=1S/C14H13ClN4O/c15-10-7-13-14(17-8-10)19(9-18-13)5-6-20-12-3-1-11(16)2-4-12/h1-4,7-9H,5-6,16H2. The predicted molar refractivity (Wildman–Crippen MR) is 78.9 cm³/mol. The number of aromatic nitrogens is 3. The summed E-state index contributed by atoms with van der Waals surface area (Å²) in [5.74, 6) is 0.791. The number of hydrogen-bond acceptors (Lipinski definition) is 4. The molecule has 0 saturated carbocycles. The number of pyridine rings is 1. The highest BCUT2D eigenvalue weighted by molar-refractivity contribution is 6.31. The fraction of sp³-hybridized carbons (Fsp3) is 0.143. The van der Waals surface area contributed by atoms with E-state index in [1.165, 1.54) is 0 Å². The Labute approximate surface area is 121 Å². The second-order valence-corrected chi connectivity index (χ2v) is 4.79. The predicted octanol–water partition coefficient (Wildman–Crippen LogP) is 2.75. The summed E-state index contributed by atoms with van der Waals surface area (Å²) in [5.41, 5.74) is 7.92. The molecule has 0 aliphatic heterocycles. The zero-order chi connectivity index (χ0) is 13.9. The molecule has 2 heterocycles. The maximum Gasteiger partial charge on any atom is 0.159 e. The van der Waals surface area contributed by atoms with E-state index in [9.17, 15) is 0 Å². The smallest absolute Gasteiger partial charge is 0.159 e. The van der Waals surface area contributed by atoms with Gasteiger partial charge in [0.15, 0.2) is 5.65 Å². The molecule has 0 spiro atoms. The SMILES string of the molecule is Nc1ccc(OCCn2cnc3cc(Cl)cnc32)cc1. The van der Waals surface area contributed by atoms with Crippen molar-refractivity contribution in [1.82, 2.24) is 14.5 Å². The van der Waals surface area contributed by atoms with Gasteiger partial charge in [0.2, 0.25) is 0 Å². The number of imidazole rings is 1. The fourth-order valence-corrected chi connectivity index (χ4v) is 2.07. The molecular weight excluding hydrogens is 276 g/mol. The normalized spacial score (nSPS) is 10.8. The molecule has 0 fully saturated rings. The Kier molecular flexibility index (Phi) is 3.43. The van der Waals surface area contributed by atoms with Crippen LogP contribution >= 0.6 is 11.6 Å². The van der Waals surface area contributed by atoms with E-state index in [0.29, 0.717) is 18.2 Å². The Morgan fingerprint density at radius 3 is 2.80 bits per heavy atom. The van der Waals surface area contributed by atoms with Gasteiger partial charge in [0.1, 0.15) is 17.9 Å². The highest BCUT2D eigenvalue weighted by Crippen LogP contribution is 2.16. The second-order valence-electron chi connectivity index (χ2n) is 4.35. The van der Waals surface area contributed by atoms with Crippen molar-refractivity contribution in [3.05, 3.63) is 47.9 Å². The zero-order valence-corrected chi connectivity index (χ0v) is 11.4. The number of nitrogens with zero attached hydrogens (tertiary/aromatic N) is 3. The average molecular weight is 289 g/mol. The molecule has 3 aromatic rings. The average Bonchev–Trinajstić information content (AvgIpc) is 2.83. The Balaban J connectivity index is 1.66. The first-order valence-corrected chi connectivity index (χ1v) is 6.55. The van der Waals surface area contributed by atoms with Gasteiger partial charge in [-0.3, -0.25) is 0 Å². The quantitative estimate of drug-likeness (QED) is 0.750. The molecule has 2 N–H and O–H groups in total. The van der Waals surface area contributed by atoms with E-state index >= 15 is 0 Å². The van der Waals surface area contributed by atoms with Crippen molar-refractivity contribution in [3.63, 3.8) is 0 Å². The van der Waals surface area contributed by atoms with Crippen LogP contribution in [0, 0.1) is 0 Å². The van der Waals surface area contributed by atoms with Crippen molar-refractivity contribution in [2.45, 2.75) is 6.54 Å². The summed E-state index contributed by atoms with van der Waals surface area (Å²) in [6, 6.07) is 9.11. The minimum Gasteiger partial charge on any atom is -0.492 e. The molecular formula is C14H13ClN4O. The number of hydrogen-bond donors (Lipinski definition) is 1. The van der Waals surface area contributed by atoms with Crippen molar-refractivity contribution < 1.29 is 4.74 Å². The number of anilines is 1. The summed E-state index contributed by atoms with van der Waals surface area (Å²) in [6.45, 7) is 1.19. The number of nitrogen functional groups attached to an aromatic ring is 1. The van der Waals surface area contributed by atoms with Gasteiger partial charge in [-0.25, -0.2) is 9.97 Å². The summed E-state index contributed by atoms with van der Waals surface area (Å²) in [6.07, 6.45) is 3.35. The summed E-state index contributed by atoms with van der Waals surface area (Å²) >= 11 is 5.88. The lowest BCUT2D eigenvalue weighted by Gasteiger charge is -2.07. The molecule has 102 valence electrons. The maximum atomic E-state index is 5.88. The lowest BCUT2D eigenvalue weighted by atomic mass is 10.3. The van der Waals surface area contributed by atoms with Crippen LogP contribution < -0.4 is 10.5 Å². The monoisotopic (exact) mass is 288 g/mol. The molecule has 6 heteroatoms. The number of nitrogens with two attached hydrogens (primary N) is 1. The third-order valence-electron chi connectivity index (χ3n) is 2.90. The van der Waals surface area contributed by atoms with Crippen LogP contribution in [0.1, 0.15) is 0 Å². The van der Waals surface area contributed by atoms with E-state index < -0.39 is 0 Å². The second kappa shape index (κ2) is 5.38. The Morgan fingerprint density at radius 2 is 2.00 bits per heavy atom. The van der Waals surface area contributed by atoms with Crippen LogP contribution in [0.15, 0.2) is 42.9 Å². The van der Waals surface area contributed by atoms with Gasteiger partial charge in [0.05, 0.1) is 17.9 Å². The molecule has 2 aromatic heterocycles. The summed E-state index contributed by atoms with van der Waals surface area (Å²) < 4.78 is 7.58. The molecule has 20 heavy (non-hydrogen) atoms. The van der Waals surface area contributed by atoms with E-state index in [-0.39, 0.29) is 0 Å². The zero-order valence-electron chi connectivity index (χ0n) is 10.7. The minimum atomic E-state index is 0.527. The summed E-state index contributed by atoms with van der Waals surface area (Å²) in [5, 5.41) is 0.584. The van der Waals surface area contributed by atoms with E-state index in [1.54, 1.807) is 18.6 Å². The molecule has 3 rings (SSSR count). The van der Waals surface area contributed by atoms with Crippen LogP contribution in [0.3, 0.4) is 0 Å². The van der Waals surface area contributed by atoms with E-state index in [2.05, 4.69) is 9.97 Å². The van der Waals surface area contributed by atoms with Crippen LogP contribution in [-0.4, -0.2) is 21.1 Å². The molecule has 0 amide bonds. The molecule has 0 saturated heterocycles. The van der Waals surface area contributed by atoms with Crippen molar-refractivity contribution in [2.24, 2.45) is 0 Å². The highest BCUT2D eigenvalue weighted by atomic mass is 35.5. The molecule has 0 aliphatic carbocycles. The highest BCUT2D eigenvalue weighted by Gasteiger charge is 2.04. The third kappa shape index (κ3) is 2.67. The lowest BCUT2D eigenvalue weighted by molar-refractivity contribution is 0.300. The van der Waals surface area contributed by atoms with Gasteiger partial charge >= 0.3 is 0 Å². The van der Waals surface area contributed by atoms with Crippen molar-refractivity contribution in [2.75, 3.05) is 12.3 Å². The van der Waals surface area contributed by atoms with Crippen LogP contribution in [0.4, 0.5) is 5.69 Å². The van der Waals surface area contributed by atoms with Gasteiger partial charge in [-0.15, -0.1) is 0 Å². The minimum absolute atomic E-state index is 0.527. The summed E-state index contributed by atoms with van der Waals surface area (Å²) in [7, 11) is 0. The first-order chi connectivity index (χ1) is 9.72. The van der Waals surface area contributed by atoms with E-state index in [4.69, 9.17) is 22.1 Å². The first kappa shape index (κ1) is 12.7. The van der Waals surface area contributed by atoms with Crippen LogP contribution in [0.25, 0.3) is 11.2 Å². The Morgan fingerprint density at radius 1 is 1.20 bits per heavy atom. The number of benzene rings is 1. The van der Waals surface area contributed by atoms with Crippen molar-refractivity contribution >= 4 is 28.5 Å². The van der Waals surface area contributed by atoms with Crippen molar-refractivity contribution in [1.29, 1.82) is 0 Å². The first-order valence-electron chi connectivity index (χ1n) is 6.17. The fourth-order valence-electron chi connectivity index (χ4n) is 1.91. The molecule has 0 atom stereocenters. The number of fused-ring (bicyclic) bond motifs is 1. The third-order valence-corrected chi connectivity index (χ3v) is 3.11. The summed E-state index contributed by atoms with van der Waals surface area (Å²) in [4.78, 5) is 8.54. The largest absolute Gasteiger partial charge is 0.492 e. The van der Waals surface area contributed by atoms with Gasteiger partial charge in [-0.1, -0.05) is 11.6 Å². The Hall–Kier alpha value is -2.27. The lowest BCUT2D eigenvalue weighted by Crippen LogP contribution is -2.07. The Bertz CT molecular complexity index is 724. The number of rotatable bonds is 4. The van der Waals surface area contributed by atoms with Gasteiger partial charge in [0, 0.05) is 11.9 Å².